The number of hydrogen-bond acceptors (Lipinski definition) is 5. The van der Waals surface area contributed by atoms with Crippen molar-refractivity contribution in [3.05, 3.63) is 58.0 Å². The maximum atomic E-state index is 12.2. The molecule has 0 saturated heterocycles. The van der Waals surface area contributed by atoms with E-state index in [1.807, 2.05) is 0 Å². The fourth-order valence-corrected chi connectivity index (χ4v) is 2.77. The first-order valence-electron chi connectivity index (χ1n) is 6.24. The Morgan fingerprint density at radius 1 is 1.13 bits per heavy atom. The number of benzene rings is 2. The molecule has 0 fully saturated rings. The molecule has 2 aromatic carbocycles. The number of rotatable bonds is 4. The van der Waals surface area contributed by atoms with Gasteiger partial charge in [-0.3, -0.25) is 4.72 Å². The van der Waals surface area contributed by atoms with Crippen LogP contribution in [0.2, 0.25) is 5.02 Å². The van der Waals surface area contributed by atoms with Gasteiger partial charge in [0, 0.05) is 10.7 Å². The van der Waals surface area contributed by atoms with E-state index in [2.05, 4.69) is 4.72 Å². The molecular formula is C15H11ClN2O4S. The Morgan fingerprint density at radius 3 is 2.35 bits per heavy atom. The van der Waals surface area contributed by atoms with E-state index in [4.69, 9.17) is 16.9 Å². The van der Waals surface area contributed by atoms with Gasteiger partial charge in [-0.25, -0.2) is 8.42 Å². The summed E-state index contributed by atoms with van der Waals surface area (Å²) in [6.07, 6.45) is 1.08. The van der Waals surface area contributed by atoms with Crippen molar-refractivity contribution in [1.82, 2.24) is 0 Å². The lowest BCUT2D eigenvalue weighted by Gasteiger charge is -2.07. The van der Waals surface area contributed by atoms with Crippen LogP contribution in [0.4, 0.5) is 5.69 Å². The molecule has 23 heavy (non-hydrogen) atoms. The zero-order chi connectivity index (χ0) is 17.0. The van der Waals surface area contributed by atoms with Gasteiger partial charge in [0.05, 0.1) is 0 Å². The third kappa shape index (κ3) is 4.16. The Morgan fingerprint density at radius 2 is 1.78 bits per heavy atom. The van der Waals surface area contributed by atoms with Gasteiger partial charge in [0.15, 0.2) is 16.4 Å². The van der Waals surface area contributed by atoms with Crippen molar-refractivity contribution < 1.29 is 18.6 Å². The molecule has 6 nitrogen and oxygen atoms in total. The number of phenols is 2. The Balaban J connectivity index is 2.34. The number of nitrogens with one attached hydrogen (secondary N) is 1. The maximum Gasteiger partial charge on any atom is 0.272 e. The maximum absolute atomic E-state index is 12.2. The molecule has 3 N–H and O–H groups in total. The number of nitrogens with zero attached hydrogens (tertiary/aromatic N) is 1. The molecule has 0 atom stereocenters. The first-order chi connectivity index (χ1) is 10.8. The van der Waals surface area contributed by atoms with Gasteiger partial charge in [0.2, 0.25) is 0 Å². The number of anilines is 1. The summed E-state index contributed by atoms with van der Waals surface area (Å²) in [4.78, 5) is -0.544. The second-order valence-electron chi connectivity index (χ2n) is 4.48. The average molecular weight is 351 g/mol. The summed E-state index contributed by atoms with van der Waals surface area (Å²) < 4.78 is 26.7. The molecule has 2 aromatic rings. The van der Waals surface area contributed by atoms with Gasteiger partial charge in [-0.05, 0) is 48.0 Å². The van der Waals surface area contributed by atoms with Crippen LogP contribution in [0.25, 0.3) is 6.08 Å². The van der Waals surface area contributed by atoms with Crippen molar-refractivity contribution in [2.45, 2.75) is 0 Å². The zero-order valence-corrected chi connectivity index (χ0v) is 13.1. The number of sulfonamides is 1. The van der Waals surface area contributed by atoms with E-state index >= 15 is 0 Å². The molecule has 0 heterocycles. The highest BCUT2D eigenvalue weighted by Crippen LogP contribution is 2.26. The number of allylic oxidation sites excluding steroid dienone is 1. The highest BCUT2D eigenvalue weighted by Gasteiger charge is 2.18. The summed E-state index contributed by atoms with van der Waals surface area (Å²) in [6, 6.07) is 11.2. The highest BCUT2D eigenvalue weighted by molar-refractivity contribution is 7.96. The topological polar surface area (TPSA) is 110 Å². The number of hydrogen-bond donors (Lipinski definition) is 3. The van der Waals surface area contributed by atoms with Crippen LogP contribution in [0, 0.1) is 11.3 Å². The minimum absolute atomic E-state index is 0.248. The lowest BCUT2D eigenvalue weighted by molar-refractivity contribution is 0.403. The van der Waals surface area contributed by atoms with Gasteiger partial charge in [-0.2, -0.15) is 5.26 Å². The molecule has 0 bridgehead atoms. The average Bonchev–Trinajstić information content (AvgIpc) is 2.50. The normalized spacial score (nSPS) is 11.7. The summed E-state index contributed by atoms with van der Waals surface area (Å²) in [6.45, 7) is 0. The SMILES string of the molecule is N#C/C(=C\c1ccc(O)c(O)c1)S(=O)(=O)Nc1ccc(Cl)cc1. The summed E-state index contributed by atoms with van der Waals surface area (Å²) in [5.74, 6) is -0.762. The Labute approximate surface area is 137 Å². The molecular weight excluding hydrogens is 340 g/mol. The molecule has 0 amide bonds. The number of aromatic hydroxyl groups is 2. The predicted molar refractivity (Wildman–Crippen MR) is 87.4 cm³/mol. The molecule has 0 radical (unpaired) electrons. The second kappa shape index (κ2) is 6.60. The minimum atomic E-state index is -4.10. The van der Waals surface area contributed by atoms with E-state index in [0.717, 1.165) is 12.1 Å². The van der Waals surface area contributed by atoms with E-state index in [1.54, 1.807) is 6.07 Å². The van der Waals surface area contributed by atoms with Crippen molar-refractivity contribution in [3.63, 3.8) is 0 Å². The van der Waals surface area contributed by atoms with Crippen LogP contribution in [0.15, 0.2) is 47.4 Å². The second-order valence-corrected chi connectivity index (χ2v) is 6.57. The van der Waals surface area contributed by atoms with Crippen molar-refractivity contribution in [3.8, 4) is 17.6 Å². The molecule has 0 aromatic heterocycles. The Hall–Kier alpha value is -2.69. The van der Waals surface area contributed by atoms with Gasteiger partial charge >= 0.3 is 0 Å². The zero-order valence-electron chi connectivity index (χ0n) is 11.6. The molecule has 0 spiro atoms. The molecule has 2 rings (SSSR count). The molecule has 0 aliphatic carbocycles. The first-order valence-corrected chi connectivity index (χ1v) is 8.10. The van der Waals surface area contributed by atoms with Gasteiger partial charge in [0.1, 0.15) is 6.07 Å². The van der Waals surface area contributed by atoms with Gasteiger partial charge in [0.25, 0.3) is 10.0 Å². The molecule has 0 unspecified atom stereocenters. The van der Waals surface area contributed by atoms with Gasteiger partial charge in [-0.15, -0.1) is 0 Å². The Kier molecular flexibility index (Phi) is 4.79. The lowest BCUT2D eigenvalue weighted by Crippen LogP contribution is -2.14. The molecule has 118 valence electrons. The first kappa shape index (κ1) is 16.7. The van der Waals surface area contributed by atoms with Crippen molar-refractivity contribution >= 4 is 33.4 Å². The highest BCUT2D eigenvalue weighted by atomic mass is 35.5. The van der Waals surface area contributed by atoms with Crippen LogP contribution in [0.5, 0.6) is 11.5 Å². The van der Waals surface area contributed by atoms with Gasteiger partial charge in [-0.1, -0.05) is 17.7 Å². The van der Waals surface area contributed by atoms with E-state index in [1.165, 1.54) is 36.4 Å². The molecule has 0 aliphatic heterocycles. The standard InChI is InChI=1S/C15H11ClN2O4S/c16-11-2-4-12(5-3-11)18-23(21,22)13(9-17)7-10-1-6-14(19)15(20)8-10/h1-8,18-20H/b13-7+. The fraction of sp³-hybridized carbons (Fsp3) is 0. The summed E-state index contributed by atoms with van der Waals surface area (Å²) in [5.41, 5.74) is 0.502. The van der Waals surface area contributed by atoms with Crippen LogP contribution in [0.3, 0.4) is 0 Å². The molecule has 8 heteroatoms. The smallest absolute Gasteiger partial charge is 0.272 e. The number of halogens is 1. The van der Waals surface area contributed by atoms with Crippen LogP contribution in [-0.4, -0.2) is 18.6 Å². The largest absolute Gasteiger partial charge is 0.504 e. The summed E-state index contributed by atoms with van der Waals surface area (Å²) in [7, 11) is -4.10. The summed E-state index contributed by atoms with van der Waals surface area (Å²) >= 11 is 5.72. The van der Waals surface area contributed by atoms with Crippen LogP contribution >= 0.6 is 11.6 Å². The predicted octanol–water partition coefficient (Wildman–Crippen LogP) is 3.06. The van der Waals surface area contributed by atoms with Gasteiger partial charge < -0.3 is 10.2 Å². The Bertz CT molecular complexity index is 900. The third-order valence-electron chi connectivity index (χ3n) is 2.79. The van der Waals surface area contributed by atoms with Crippen molar-refractivity contribution in [1.29, 1.82) is 5.26 Å². The van der Waals surface area contributed by atoms with Crippen LogP contribution in [-0.2, 0) is 10.0 Å². The third-order valence-corrected chi connectivity index (χ3v) is 4.34. The minimum Gasteiger partial charge on any atom is -0.504 e. The van der Waals surface area contributed by atoms with Crippen LogP contribution < -0.4 is 4.72 Å². The number of nitriles is 1. The van der Waals surface area contributed by atoms with E-state index in [-0.39, 0.29) is 17.0 Å². The van der Waals surface area contributed by atoms with Crippen molar-refractivity contribution in [2.75, 3.05) is 4.72 Å². The lowest BCUT2D eigenvalue weighted by atomic mass is 10.2. The van der Waals surface area contributed by atoms with E-state index in [0.29, 0.717) is 5.02 Å². The van der Waals surface area contributed by atoms with E-state index in [9.17, 15) is 18.6 Å². The quantitative estimate of drug-likeness (QED) is 0.579. The van der Waals surface area contributed by atoms with Crippen molar-refractivity contribution in [2.24, 2.45) is 0 Å². The van der Waals surface area contributed by atoms with E-state index < -0.39 is 20.7 Å². The monoisotopic (exact) mass is 350 g/mol. The molecule has 0 aliphatic rings. The van der Waals surface area contributed by atoms with Crippen LogP contribution in [0.1, 0.15) is 5.56 Å². The number of phenolic OH excluding ortho intramolecular Hbond substituents is 2. The summed E-state index contributed by atoms with van der Waals surface area (Å²) in [5, 5.41) is 28.2. The molecule has 0 saturated carbocycles. The fourth-order valence-electron chi connectivity index (χ4n) is 1.68.